The van der Waals surface area contributed by atoms with Crippen molar-refractivity contribution in [3.63, 3.8) is 0 Å². The maximum Gasteiger partial charge on any atom is 0.336 e. The Morgan fingerprint density at radius 1 is 1.09 bits per heavy atom. The van der Waals surface area contributed by atoms with Crippen molar-refractivity contribution in [2.75, 3.05) is 11.9 Å². The highest BCUT2D eigenvalue weighted by Crippen LogP contribution is 2.35. The fraction of sp³-hybridized carbons (Fsp3) is 0.154. The summed E-state index contributed by atoms with van der Waals surface area (Å²) in [6.07, 6.45) is -0.308. The lowest BCUT2D eigenvalue weighted by molar-refractivity contribution is -0.122. The summed E-state index contributed by atoms with van der Waals surface area (Å²) in [4.78, 5) is 24.8. The number of hydrogen-bond acceptors (Lipinski definition) is 5. The predicted molar refractivity (Wildman–Crippen MR) is 129 cm³/mol. The van der Waals surface area contributed by atoms with Gasteiger partial charge in [0, 0.05) is 29.8 Å². The Morgan fingerprint density at radius 2 is 1.82 bits per heavy atom. The van der Waals surface area contributed by atoms with Crippen LogP contribution < -0.4 is 15.7 Å². The number of anilines is 1. The number of amides is 1. The highest BCUT2D eigenvalue weighted by molar-refractivity contribution is 6.33. The molecule has 168 valence electrons. The first kappa shape index (κ1) is 22.6. The molecule has 33 heavy (non-hydrogen) atoms. The number of halogens is 1. The van der Waals surface area contributed by atoms with Gasteiger partial charge in [-0.3, -0.25) is 4.79 Å². The van der Waals surface area contributed by atoms with E-state index in [2.05, 4.69) is 5.32 Å². The van der Waals surface area contributed by atoms with E-state index in [4.69, 9.17) is 25.9 Å². The maximum absolute atomic E-state index is 12.6. The van der Waals surface area contributed by atoms with Gasteiger partial charge in [0.2, 0.25) is 0 Å². The van der Waals surface area contributed by atoms with Crippen molar-refractivity contribution in [1.82, 2.24) is 0 Å². The molecule has 0 aliphatic rings. The molecule has 1 amide bonds. The fourth-order valence-electron chi connectivity index (χ4n) is 3.48. The zero-order chi connectivity index (χ0) is 23.4. The summed E-state index contributed by atoms with van der Waals surface area (Å²) >= 11 is 6.46. The van der Waals surface area contributed by atoms with Crippen LogP contribution in [0.2, 0.25) is 5.02 Å². The van der Waals surface area contributed by atoms with Gasteiger partial charge >= 0.3 is 5.63 Å². The molecule has 7 heteroatoms. The summed E-state index contributed by atoms with van der Waals surface area (Å²) in [7, 11) is 0. The zero-order valence-corrected chi connectivity index (χ0v) is 18.6. The van der Waals surface area contributed by atoms with Crippen LogP contribution in [-0.4, -0.2) is 23.7 Å². The third-order valence-corrected chi connectivity index (χ3v) is 5.47. The van der Waals surface area contributed by atoms with E-state index in [-0.39, 0.29) is 18.3 Å². The Balaban J connectivity index is 1.56. The second kappa shape index (κ2) is 9.90. The Hall–Kier alpha value is -3.61. The van der Waals surface area contributed by atoms with Gasteiger partial charge in [-0.15, -0.1) is 0 Å². The largest absolute Gasteiger partial charge is 0.479 e. The van der Waals surface area contributed by atoms with Crippen LogP contribution in [0.1, 0.15) is 12.5 Å². The van der Waals surface area contributed by atoms with E-state index >= 15 is 0 Å². The molecule has 3 aromatic carbocycles. The van der Waals surface area contributed by atoms with Gasteiger partial charge < -0.3 is 19.6 Å². The van der Waals surface area contributed by atoms with Gasteiger partial charge in [-0.2, -0.15) is 0 Å². The van der Waals surface area contributed by atoms with Gasteiger partial charge in [0.25, 0.3) is 5.91 Å². The Labute approximate surface area is 195 Å². The Bertz CT molecular complexity index is 1330. The smallest absolute Gasteiger partial charge is 0.336 e. The molecule has 0 bridgehead atoms. The minimum Gasteiger partial charge on any atom is -0.479 e. The number of rotatable bonds is 7. The number of ether oxygens (including phenoxy) is 1. The Morgan fingerprint density at radius 3 is 2.52 bits per heavy atom. The standard InChI is InChI=1S/C26H22ClNO5/c1-16(26(31)28-19-9-7-17(8-10-19)11-12-29)32-24-15-23-21(13-22(24)27)20(14-25(30)33-23)18-5-3-2-4-6-18/h2-10,13-16,29H,11-12H2,1H3,(H,28,31). The number of hydrogen-bond donors (Lipinski definition) is 2. The third kappa shape index (κ3) is 5.25. The number of fused-ring (bicyclic) bond motifs is 1. The lowest BCUT2D eigenvalue weighted by atomic mass is 10.0. The number of carbonyl (C=O) groups excluding carboxylic acids is 1. The number of aliphatic hydroxyl groups excluding tert-OH is 1. The molecule has 6 nitrogen and oxygen atoms in total. The maximum atomic E-state index is 12.6. The van der Waals surface area contributed by atoms with Crippen molar-refractivity contribution in [1.29, 1.82) is 0 Å². The summed E-state index contributed by atoms with van der Waals surface area (Å²) in [6.45, 7) is 1.67. The first-order valence-electron chi connectivity index (χ1n) is 10.4. The van der Waals surface area contributed by atoms with Crippen molar-refractivity contribution in [3.05, 3.63) is 93.8 Å². The van der Waals surface area contributed by atoms with Crippen molar-refractivity contribution in [3.8, 4) is 16.9 Å². The van der Waals surface area contributed by atoms with Gasteiger partial charge in [-0.1, -0.05) is 54.1 Å². The fourth-order valence-corrected chi connectivity index (χ4v) is 3.69. The second-order valence-electron chi connectivity index (χ2n) is 7.54. The number of nitrogens with one attached hydrogen (secondary N) is 1. The van der Waals surface area contributed by atoms with Gasteiger partial charge in [-0.25, -0.2) is 4.79 Å². The third-order valence-electron chi connectivity index (χ3n) is 5.18. The minimum absolute atomic E-state index is 0.0655. The van der Waals surface area contributed by atoms with E-state index in [1.807, 2.05) is 42.5 Å². The van der Waals surface area contributed by atoms with Crippen molar-refractivity contribution in [2.45, 2.75) is 19.4 Å². The van der Waals surface area contributed by atoms with E-state index in [9.17, 15) is 9.59 Å². The van der Waals surface area contributed by atoms with Crippen LogP contribution in [0.15, 0.2) is 82.0 Å². The highest BCUT2D eigenvalue weighted by atomic mass is 35.5. The zero-order valence-electron chi connectivity index (χ0n) is 17.9. The van der Waals surface area contributed by atoms with Crippen LogP contribution in [-0.2, 0) is 11.2 Å². The quantitative estimate of drug-likeness (QED) is 0.374. The van der Waals surface area contributed by atoms with E-state index in [0.29, 0.717) is 33.7 Å². The highest BCUT2D eigenvalue weighted by Gasteiger charge is 2.19. The predicted octanol–water partition coefficient (Wildman–Crippen LogP) is 5.05. The summed E-state index contributed by atoms with van der Waals surface area (Å²) in [5, 5.41) is 12.7. The van der Waals surface area contributed by atoms with Gasteiger partial charge in [-0.05, 0) is 48.2 Å². The molecular weight excluding hydrogens is 442 g/mol. The van der Waals surface area contributed by atoms with E-state index in [1.165, 1.54) is 12.1 Å². The van der Waals surface area contributed by atoms with Crippen LogP contribution in [0.25, 0.3) is 22.1 Å². The number of carbonyl (C=O) groups is 1. The average molecular weight is 464 g/mol. The summed E-state index contributed by atoms with van der Waals surface area (Å²) in [5.41, 5.74) is 2.96. The molecule has 1 unspecified atom stereocenters. The van der Waals surface area contributed by atoms with Crippen molar-refractivity contribution >= 4 is 34.2 Å². The molecule has 0 fully saturated rings. The molecule has 1 heterocycles. The monoisotopic (exact) mass is 463 g/mol. The van der Waals surface area contributed by atoms with E-state index in [0.717, 1.165) is 11.1 Å². The normalized spacial score (nSPS) is 11.8. The molecule has 2 N–H and O–H groups in total. The molecule has 0 saturated carbocycles. The van der Waals surface area contributed by atoms with Crippen LogP contribution in [0.5, 0.6) is 5.75 Å². The molecule has 0 saturated heterocycles. The first-order valence-corrected chi connectivity index (χ1v) is 10.8. The molecule has 4 aromatic rings. The van der Waals surface area contributed by atoms with Gasteiger partial charge in [0.15, 0.2) is 6.10 Å². The lowest BCUT2D eigenvalue weighted by Gasteiger charge is -2.16. The second-order valence-corrected chi connectivity index (χ2v) is 7.95. The van der Waals surface area contributed by atoms with Crippen LogP contribution >= 0.6 is 11.6 Å². The van der Waals surface area contributed by atoms with Crippen LogP contribution in [0.4, 0.5) is 5.69 Å². The number of benzene rings is 3. The number of aliphatic hydroxyl groups is 1. The molecule has 0 aliphatic heterocycles. The van der Waals surface area contributed by atoms with Gasteiger partial charge in [0.1, 0.15) is 11.3 Å². The molecule has 1 aromatic heterocycles. The molecule has 0 aliphatic carbocycles. The lowest BCUT2D eigenvalue weighted by Crippen LogP contribution is -2.30. The van der Waals surface area contributed by atoms with E-state index < -0.39 is 11.7 Å². The molecule has 0 radical (unpaired) electrons. The molecule has 4 rings (SSSR count). The van der Waals surface area contributed by atoms with Crippen molar-refractivity contribution < 1.29 is 19.1 Å². The van der Waals surface area contributed by atoms with Gasteiger partial charge in [0.05, 0.1) is 5.02 Å². The van der Waals surface area contributed by atoms with Crippen molar-refractivity contribution in [2.24, 2.45) is 0 Å². The SMILES string of the molecule is CC(Oc1cc2oc(=O)cc(-c3ccccc3)c2cc1Cl)C(=O)Nc1ccc(CCO)cc1. The van der Waals surface area contributed by atoms with Crippen LogP contribution in [0, 0.1) is 0 Å². The average Bonchev–Trinajstić information content (AvgIpc) is 2.81. The topological polar surface area (TPSA) is 88.8 Å². The molecule has 1 atom stereocenters. The summed E-state index contributed by atoms with van der Waals surface area (Å²) in [6, 6.07) is 21.3. The van der Waals surface area contributed by atoms with E-state index in [1.54, 1.807) is 25.1 Å². The summed E-state index contributed by atoms with van der Waals surface area (Å²) < 4.78 is 11.2. The first-order chi connectivity index (χ1) is 15.9. The minimum atomic E-state index is -0.860. The molecular formula is C26H22ClNO5. The summed E-state index contributed by atoms with van der Waals surface area (Å²) in [5.74, 6) is -0.126. The Kier molecular flexibility index (Phi) is 6.77. The molecule has 0 spiro atoms. The van der Waals surface area contributed by atoms with Crippen LogP contribution in [0.3, 0.4) is 0 Å².